The van der Waals surface area contributed by atoms with Gasteiger partial charge in [0.1, 0.15) is 0 Å². The molecule has 0 radical (unpaired) electrons. The van der Waals surface area contributed by atoms with Gasteiger partial charge in [-0.25, -0.2) is 0 Å². The summed E-state index contributed by atoms with van der Waals surface area (Å²) in [5.74, 6) is -2.10. The van der Waals surface area contributed by atoms with Crippen LogP contribution in [0.25, 0.3) is 0 Å². The molecule has 1 aromatic rings. The molecule has 0 unspecified atom stereocenters. The van der Waals surface area contributed by atoms with Crippen LogP contribution < -0.4 is 9.47 Å². The van der Waals surface area contributed by atoms with Gasteiger partial charge in [-0.05, 0) is 29.8 Å². The van der Waals surface area contributed by atoms with Gasteiger partial charge in [0.25, 0.3) is 5.91 Å². The first-order valence-corrected chi connectivity index (χ1v) is 6.08. The van der Waals surface area contributed by atoms with Crippen LogP contribution in [0.2, 0.25) is 0 Å². The second-order valence-electron chi connectivity index (χ2n) is 3.97. The molecule has 0 spiro atoms. The largest absolute Gasteiger partial charge is 0.423 e. The van der Waals surface area contributed by atoms with Gasteiger partial charge < -0.3 is 9.47 Å². The van der Waals surface area contributed by atoms with Crippen LogP contribution in [0.4, 0.5) is 4.79 Å². The highest BCUT2D eigenvalue weighted by Gasteiger charge is 2.20. The topological polar surface area (TPSA) is 90.0 Å². The molecular weight excluding hydrogens is 302 g/mol. The maximum Gasteiger partial charge on any atom is 0.323 e. The highest BCUT2D eigenvalue weighted by atomic mass is 35.5. The fourth-order valence-electron chi connectivity index (χ4n) is 1.39. The number of rotatable bonds is 3. The number of esters is 2. The first kappa shape index (κ1) is 16.6. The number of carbonyl (C=O) groups excluding carboxylic acids is 4. The number of imide groups is 1. The quantitative estimate of drug-likeness (QED) is 0.367. The van der Waals surface area contributed by atoms with Crippen molar-refractivity contribution in [3.05, 3.63) is 23.8 Å². The molecule has 1 aromatic carbocycles. The van der Waals surface area contributed by atoms with E-state index >= 15 is 0 Å². The van der Waals surface area contributed by atoms with E-state index in [9.17, 15) is 19.2 Å². The molecule has 0 aromatic heterocycles. The van der Waals surface area contributed by atoms with Gasteiger partial charge in [0, 0.05) is 26.5 Å². The average Bonchev–Trinajstić information content (AvgIpc) is 2.37. The van der Waals surface area contributed by atoms with Crippen LogP contribution >= 0.6 is 11.6 Å². The third kappa shape index (κ3) is 4.57. The maximum absolute atomic E-state index is 11.9. The summed E-state index contributed by atoms with van der Waals surface area (Å²) in [4.78, 5) is 45.6. The van der Waals surface area contributed by atoms with Crippen molar-refractivity contribution in [3.8, 4) is 11.5 Å². The summed E-state index contributed by atoms with van der Waals surface area (Å²) in [5.41, 5.74) is 0.0404. The van der Waals surface area contributed by atoms with Crippen molar-refractivity contribution >= 4 is 34.8 Å². The normalized spacial score (nSPS) is 9.71. The lowest BCUT2D eigenvalue weighted by atomic mass is 10.2. The number of benzene rings is 1. The van der Waals surface area contributed by atoms with Crippen LogP contribution in [0.5, 0.6) is 11.5 Å². The lowest BCUT2D eigenvalue weighted by molar-refractivity contribution is -0.134. The van der Waals surface area contributed by atoms with Crippen molar-refractivity contribution in [1.29, 1.82) is 0 Å². The molecule has 0 bridgehead atoms. The standard InChI is InChI=1S/C13H12ClNO6/c1-7(16)20-10-5-4-9(6-11(10)21-8(2)17)12(18)15(3)13(14)19/h4-6H,1-3H3. The zero-order valence-electron chi connectivity index (χ0n) is 11.5. The fourth-order valence-corrected chi connectivity index (χ4v) is 1.47. The van der Waals surface area contributed by atoms with E-state index in [-0.39, 0.29) is 17.1 Å². The van der Waals surface area contributed by atoms with Crippen molar-refractivity contribution in [2.45, 2.75) is 13.8 Å². The summed E-state index contributed by atoms with van der Waals surface area (Å²) in [7, 11) is 1.20. The van der Waals surface area contributed by atoms with E-state index in [4.69, 9.17) is 21.1 Å². The Morgan fingerprint density at radius 1 is 1.00 bits per heavy atom. The molecule has 0 saturated heterocycles. The van der Waals surface area contributed by atoms with E-state index in [1.165, 1.54) is 32.2 Å². The summed E-state index contributed by atoms with van der Waals surface area (Å²) >= 11 is 5.21. The van der Waals surface area contributed by atoms with Gasteiger partial charge in [0.05, 0.1) is 0 Å². The predicted molar refractivity (Wildman–Crippen MR) is 72.4 cm³/mol. The van der Waals surface area contributed by atoms with Gasteiger partial charge in [0.2, 0.25) is 0 Å². The summed E-state index contributed by atoms with van der Waals surface area (Å²) < 4.78 is 9.73. The number of ether oxygens (including phenoxy) is 2. The lowest BCUT2D eigenvalue weighted by Crippen LogP contribution is -2.28. The Morgan fingerprint density at radius 2 is 1.52 bits per heavy atom. The zero-order valence-corrected chi connectivity index (χ0v) is 12.3. The van der Waals surface area contributed by atoms with E-state index in [1.807, 2.05) is 0 Å². The average molecular weight is 314 g/mol. The summed E-state index contributed by atoms with van der Waals surface area (Å²) in [6, 6.07) is 3.77. The summed E-state index contributed by atoms with van der Waals surface area (Å²) in [5, 5.41) is -0.960. The third-order valence-electron chi connectivity index (χ3n) is 2.27. The summed E-state index contributed by atoms with van der Waals surface area (Å²) in [6.07, 6.45) is 0. The van der Waals surface area contributed by atoms with Gasteiger partial charge in [0.15, 0.2) is 11.5 Å². The van der Waals surface area contributed by atoms with Crippen LogP contribution in [0, 0.1) is 0 Å². The Morgan fingerprint density at radius 3 is 2.00 bits per heavy atom. The number of hydrogen-bond acceptors (Lipinski definition) is 6. The number of hydrogen-bond donors (Lipinski definition) is 0. The molecule has 112 valence electrons. The molecule has 0 aliphatic carbocycles. The van der Waals surface area contributed by atoms with Crippen molar-refractivity contribution in [1.82, 2.24) is 4.90 Å². The minimum absolute atomic E-state index is 0.0193. The highest BCUT2D eigenvalue weighted by molar-refractivity contribution is 6.64. The van der Waals surface area contributed by atoms with Crippen LogP contribution in [0.1, 0.15) is 24.2 Å². The van der Waals surface area contributed by atoms with Crippen LogP contribution in [0.15, 0.2) is 18.2 Å². The Balaban J connectivity index is 3.20. The number of carbonyl (C=O) groups is 4. The molecule has 0 aliphatic heterocycles. The molecule has 0 aliphatic rings. The second kappa shape index (κ2) is 6.85. The molecule has 7 nitrogen and oxygen atoms in total. The predicted octanol–water partition coefficient (Wildman–Crippen LogP) is 1.97. The molecule has 21 heavy (non-hydrogen) atoms. The van der Waals surface area contributed by atoms with Gasteiger partial charge in [-0.1, -0.05) is 0 Å². The smallest absolute Gasteiger partial charge is 0.323 e. The Bertz CT molecular complexity index is 613. The highest BCUT2D eigenvalue weighted by Crippen LogP contribution is 2.29. The van der Waals surface area contributed by atoms with E-state index in [2.05, 4.69) is 0 Å². The minimum Gasteiger partial charge on any atom is -0.423 e. The molecule has 0 saturated carbocycles. The van der Waals surface area contributed by atoms with E-state index in [0.717, 1.165) is 6.92 Å². The number of amides is 2. The zero-order chi connectivity index (χ0) is 16.2. The Hall–Kier alpha value is -2.41. The molecular formula is C13H12ClNO6. The monoisotopic (exact) mass is 313 g/mol. The van der Waals surface area contributed by atoms with Crippen LogP contribution in [-0.4, -0.2) is 35.2 Å². The van der Waals surface area contributed by atoms with E-state index in [1.54, 1.807) is 0 Å². The molecule has 0 fully saturated rings. The maximum atomic E-state index is 11.9. The van der Waals surface area contributed by atoms with Crippen molar-refractivity contribution in [2.24, 2.45) is 0 Å². The molecule has 0 N–H and O–H groups in total. The molecule has 1 rings (SSSR count). The first-order valence-electron chi connectivity index (χ1n) is 5.70. The Labute approximate surface area is 125 Å². The van der Waals surface area contributed by atoms with Gasteiger partial charge in [-0.15, -0.1) is 0 Å². The van der Waals surface area contributed by atoms with Gasteiger partial charge in [-0.3, -0.25) is 24.1 Å². The Kier molecular flexibility index (Phi) is 5.43. The third-order valence-corrected chi connectivity index (χ3v) is 2.52. The summed E-state index contributed by atoms with van der Waals surface area (Å²) in [6.45, 7) is 2.33. The molecule has 8 heteroatoms. The SMILES string of the molecule is CC(=O)Oc1ccc(C(=O)N(C)C(=O)Cl)cc1OC(C)=O. The molecule has 0 atom stereocenters. The molecule has 0 heterocycles. The number of nitrogens with zero attached hydrogens (tertiary/aromatic N) is 1. The first-order chi connectivity index (χ1) is 9.72. The lowest BCUT2D eigenvalue weighted by Gasteiger charge is -2.13. The van der Waals surface area contributed by atoms with Crippen molar-refractivity contribution in [2.75, 3.05) is 7.05 Å². The second-order valence-corrected chi connectivity index (χ2v) is 4.29. The van der Waals surface area contributed by atoms with Crippen LogP contribution in [-0.2, 0) is 9.59 Å². The van der Waals surface area contributed by atoms with Crippen LogP contribution in [0.3, 0.4) is 0 Å². The van der Waals surface area contributed by atoms with Gasteiger partial charge >= 0.3 is 17.3 Å². The number of halogens is 1. The van der Waals surface area contributed by atoms with E-state index < -0.39 is 23.2 Å². The fraction of sp³-hybridized carbons (Fsp3) is 0.231. The molecule has 2 amide bonds. The van der Waals surface area contributed by atoms with Gasteiger partial charge in [-0.2, -0.15) is 0 Å². The van der Waals surface area contributed by atoms with Crippen molar-refractivity contribution < 1.29 is 28.7 Å². The van der Waals surface area contributed by atoms with Crippen molar-refractivity contribution in [3.63, 3.8) is 0 Å². The van der Waals surface area contributed by atoms with E-state index in [0.29, 0.717) is 4.90 Å². The minimum atomic E-state index is -0.960.